The molecular formula is C13H24N2O4. The maximum absolute atomic E-state index is 12.9. The molecule has 6 nitrogen and oxygen atoms in total. The minimum atomic E-state index is -0.715. The summed E-state index contributed by atoms with van der Waals surface area (Å²) in [4.78, 5) is 12.0. The van der Waals surface area contributed by atoms with E-state index in [1.807, 2.05) is 0 Å². The van der Waals surface area contributed by atoms with Crippen molar-refractivity contribution >= 4 is 5.97 Å². The minimum absolute atomic E-state index is 0.0406. The van der Waals surface area contributed by atoms with E-state index >= 15 is 0 Å². The molecule has 2 saturated heterocycles. The molecule has 2 aliphatic rings. The molecule has 0 bridgehead atoms. The number of carbonyl (C=O) groups excluding carboxylic acids is 1. The molecule has 110 valence electrons. The summed E-state index contributed by atoms with van der Waals surface area (Å²) in [6, 6.07) is 0. The van der Waals surface area contributed by atoms with Gasteiger partial charge in [-0.05, 0) is 39.0 Å². The molecule has 2 rings (SSSR count). The second kappa shape index (κ2) is 6.17. The van der Waals surface area contributed by atoms with Crippen LogP contribution in [0.25, 0.3) is 0 Å². The highest BCUT2D eigenvalue weighted by Crippen LogP contribution is 2.27. The highest BCUT2D eigenvalue weighted by atomic mass is 16.6. The van der Waals surface area contributed by atoms with E-state index in [9.17, 15) is 15.2 Å². The second-order valence-electron chi connectivity index (χ2n) is 5.62. The van der Waals surface area contributed by atoms with E-state index in [1.54, 1.807) is 6.92 Å². The first kappa shape index (κ1) is 14.7. The van der Waals surface area contributed by atoms with Crippen LogP contribution in [-0.2, 0) is 9.53 Å². The van der Waals surface area contributed by atoms with Crippen molar-refractivity contribution in [3.8, 4) is 0 Å². The topological polar surface area (TPSA) is 76.9 Å². The molecule has 0 aromatic carbocycles. The maximum Gasteiger partial charge on any atom is 0.321 e. The van der Waals surface area contributed by atoms with Gasteiger partial charge in [-0.15, -0.1) is 0 Å². The van der Waals surface area contributed by atoms with Crippen molar-refractivity contribution in [2.75, 3.05) is 26.2 Å². The molecule has 2 heterocycles. The summed E-state index contributed by atoms with van der Waals surface area (Å²) >= 11 is 0. The van der Waals surface area contributed by atoms with Gasteiger partial charge in [-0.2, -0.15) is 0 Å². The lowest BCUT2D eigenvalue weighted by molar-refractivity contribution is -1.09. The molecule has 19 heavy (non-hydrogen) atoms. The number of hydrogen-bond donors (Lipinski definition) is 1. The van der Waals surface area contributed by atoms with Crippen LogP contribution in [0.1, 0.15) is 39.0 Å². The normalized spacial score (nSPS) is 34.8. The molecule has 6 heteroatoms. The Balaban J connectivity index is 2.17. The minimum Gasteiger partial charge on any atom is -0.630 e. The smallest absolute Gasteiger partial charge is 0.321 e. The molecule has 0 saturated carbocycles. The van der Waals surface area contributed by atoms with Gasteiger partial charge < -0.3 is 24.9 Å². The zero-order chi connectivity index (χ0) is 13.9. The van der Waals surface area contributed by atoms with Crippen molar-refractivity contribution in [3.63, 3.8) is 0 Å². The molecule has 2 aliphatic heterocycles. The summed E-state index contributed by atoms with van der Waals surface area (Å²) in [5, 5.41) is 25.1. The van der Waals surface area contributed by atoms with Crippen LogP contribution in [0.4, 0.5) is 0 Å². The number of quaternary nitrogens is 2. The van der Waals surface area contributed by atoms with Crippen molar-refractivity contribution in [3.05, 3.63) is 10.4 Å². The predicted octanol–water partition coefficient (Wildman–Crippen LogP) is 0.167. The van der Waals surface area contributed by atoms with Crippen LogP contribution in [0.5, 0.6) is 0 Å². The quantitative estimate of drug-likeness (QED) is 0.451. The number of rotatable bonds is 3. The lowest BCUT2D eigenvalue weighted by Crippen LogP contribution is -3.17. The molecule has 2 fully saturated rings. The molecule has 0 aromatic rings. The van der Waals surface area contributed by atoms with Crippen molar-refractivity contribution in [2.45, 2.75) is 45.2 Å². The second-order valence-corrected chi connectivity index (χ2v) is 5.62. The van der Waals surface area contributed by atoms with Crippen LogP contribution in [0.2, 0.25) is 0 Å². The summed E-state index contributed by atoms with van der Waals surface area (Å²) in [6.45, 7) is 3.41. The number of hydroxylamine groups is 5. The van der Waals surface area contributed by atoms with Crippen molar-refractivity contribution < 1.29 is 19.2 Å². The van der Waals surface area contributed by atoms with E-state index in [1.165, 1.54) is 0 Å². The molecular weight excluding hydrogens is 248 g/mol. The fourth-order valence-corrected chi connectivity index (χ4v) is 3.44. The van der Waals surface area contributed by atoms with E-state index in [-0.39, 0.29) is 11.0 Å². The summed E-state index contributed by atoms with van der Waals surface area (Å²) in [5.74, 6) is -0.892. The van der Waals surface area contributed by atoms with Crippen molar-refractivity contribution in [1.29, 1.82) is 0 Å². The van der Waals surface area contributed by atoms with Gasteiger partial charge in [-0.25, -0.2) is 0 Å². The Labute approximate surface area is 114 Å². The van der Waals surface area contributed by atoms with Gasteiger partial charge in [-0.1, -0.05) is 0 Å². The van der Waals surface area contributed by atoms with E-state index in [2.05, 4.69) is 0 Å². The van der Waals surface area contributed by atoms with Crippen LogP contribution in [0, 0.1) is 16.3 Å². The third-order valence-corrected chi connectivity index (χ3v) is 4.32. The number of nitrogens with one attached hydrogen (secondary N) is 1. The average molecular weight is 272 g/mol. The first-order valence-electron chi connectivity index (χ1n) is 7.35. The van der Waals surface area contributed by atoms with Gasteiger partial charge in [0.1, 0.15) is 0 Å². The Morgan fingerprint density at radius 2 is 2.00 bits per heavy atom. The van der Waals surface area contributed by atoms with Gasteiger partial charge in [0.2, 0.25) is 6.17 Å². The van der Waals surface area contributed by atoms with Crippen LogP contribution in [0.15, 0.2) is 0 Å². The number of hydrogen-bond acceptors (Lipinski definition) is 4. The Kier molecular flexibility index (Phi) is 4.78. The van der Waals surface area contributed by atoms with Crippen LogP contribution in [-0.4, -0.2) is 43.0 Å². The van der Waals surface area contributed by atoms with Gasteiger partial charge in [0.25, 0.3) is 0 Å². The van der Waals surface area contributed by atoms with Gasteiger partial charge in [0.15, 0.2) is 5.92 Å². The highest BCUT2D eigenvalue weighted by molar-refractivity contribution is 5.72. The number of likely N-dealkylation sites (tertiary alicyclic amines) is 1. The van der Waals surface area contributed by atoms with Crippen LogP contribution < -0.4 is 5.06 Å². The monoisotopic (exact) mass is 272 g/mol. The SMILES string of the molecule is CCOC(=O)C1CCC[NH+]([O-])C1[N+]1([O-])CCCCC1. The molecule has 0 aliphatic carbocycles. The lowest BCUT2D eigenvalue weighted by Gasteiger charge is -2.55. The highest BCUT2D eigenvalue weighted by Gasteiger charge is 2.47. The maximum atomic E-state index is 12.9. The number of piperidine rings is 2. The van der Waals surface area contributed by atoms with E-state index in [0.29, 0.717) is 39.1 Å². The number of esters is 1. The molecule has 0 amide bonds. The van der Waals surface area contributed by atoms with E-state index in [4.69, 9.17) is 4.74 Å². The van der Waals surface area contributed by atoms with Crippen molar-refractivity contribution in [2.24, 2.45) is 5.92 Å². The van der Waals surface area contributed by atoms with Gasteiger partial charge in [0.05, 0.1) is 26.2 Å². The molecule has 3 atom stereocenters. The zero-order valence-corrected chi connectivity index (χ0v) is 11.6. The molecule has 0 spiro atoms. The standard InChI is InChI=1S/C13H24N2O4/c1-2-19-13(16)11-7-6-8-14(17)12(11)15(18)9-4-3-5-10-15/h11-12,14H,2-10H2,1H3. The van der Waals surface area contributed by atoms with Crippen LogP contribution >= 0.6 is 0 Å². The molecule has 3 unspecified atom stereocenters. The largest absolute Gasteiger partial charge is 0.630 e. The van der Waals surface area contributed by atoms with E-state index in [0.717, 1.165) is 19.3 Å². The Morgan fingerprint density at radius 3 is 2.63 bits per heavy atom. The molecule has 1 N–H and O–H groups in total. The van der Waals surface area contributed by atoms with Gasteiger partial charge >= 0.3 is 5.97 Å². The van der Waals surface area contributed by atoms with Crippen LogP contribution in [0.3, 0.4) is 0 Å². The zero-order valence-electron chi connectivity index (χ0n) is 11.6. The first-order chi connectivity index (χ1) is 9.08. The fourth-order valence-electron chi connectivity index (χ4n) is 3.44. The average Bonchev–Trinajstić information content (AvgIpc) is 2.39. The Morgan fingerprint density at radius 1 is 1.32 bits per heavy atom. The Bertz CT molecular complexity index is 318. The fraction of sp³-hybridized carbons (Fsp3) is 0.923. The Hall–Kier alpha value is -0.690. The van der Waals surface area contributed by atoms with Crippen molar-refractivity contribution in [1.82, 2.24) is 0 Å². The lowest BCUT2D eigenvalue weighted by atomic mass is 9.92. The summed E-state index contributed by atoms with van der Waals surface area (Å²) in [6.07, 6.45) is 3.34. The van der Waals surface area contributed by atoms with Gasteiger partial charge in [-0.3, -0.25) is 4.79 Å². The van der Waals surface area contributed by atoms with Gasteiger partial charge in [0, 0.05) is 0 Å². The molecule has 0 radical (unpaired) electrons. The predicted molar refractivity (Wildman–Crippen MR) is 69.6 cm³/mol. The summed E-state index contributed by atoms with van der Waals surface area (Å²) in [7, 11) is 0. The third kappa shape index (κ3) is 3.08. The number of ether oxygens (including phenoxy) is 1. The number of nitrogens with zero attached hydrogens (tertiary/aromatic N) is 1. The molecule has 0 aromatic heterocycles. The summed E-state index contributed by atoms with van der Waals surface area (Å²) in [5.41, 5.74) is 0. The first-order valence-corrected chi connectivity index (χ1v) is 7.35. The van der Waals surface area contributed by atoms with E-state index < -0.39 is 16.7 Å². The number of carbonyl (C=O) groups is 1. The third-order valence-electron chi connectivity index (χ3n) is 4.32. The summed E-state index contributed by atoms with van der Waals surface area (Å²) < 4.78 is 4.56.